The van der Waals surface area contributed by atoms with Gasteiger partial charge in [-0.1, -0.05) is 29.8 Å². The SMILES string of the molecule is Cc1nc(C(CN(C)C)NC(=O)C2=CC=C(c3ccc(Cl)c(F)c3)C2)sc1CO. The summed E-state index contributed by atoms with van der Waals surface area (Å²) in [6.07, 6.45) is 4.01. The fourth-order valence-corrected chi connectivity index (χ4v) is 4.21. The summed E-state index contributed by atoms with van der Waals surface area (Å²) >= 11 is 7.16. The number of amides is 1. The summed E-state index contributed by atoms with van der Waals surface area (Å²) in [5, 5.41) is 13.3. The molecule has 29 heavy (non-hydrogen) atoms. The van der Waals surface area contributed by atoms with Crippen LogP contribution in [0.4, 0.5) is 4.39 Å². The van der Waals surface area contributed by atoms with Gasteiger partial charge in [-0.2, -0.15) is 0 Å². The number of nitrogens with one attached hydrogen (secondary N) is 1. The van der Waals surface area contributed by atoms with Gasteiger partial charge in [0, 0.05) is 18.5 Å². The van der Waals surface area contributed by atoms with Gasteiger partial charge in [-0.25, -0.2) is 9.37 Å². The van der Waals surface area contributed by atoms with E-state index in [-0.39, 0.29) is 23.6 Å². The average molecular weight is 436 g/mol. The minimum atomic E-state index is -0.479. The van der Waals surface area contributed by atoms with Crippen molar-refractivity contribution in [3.63, 3.8) is 0 Å². The largest absolute Gasteiger partial charge is 0.391 e. The van der Waals surface area contributed by atoms with Crippen LogP contribution in [-0.4, -0.2) is 41.5 Å². The number of halogens is 2. The van der Waals surface area contributed by atoms with Gasteiger partial charge >= 0.3 is 0 Å². The number of likely N-dealkylation sites (N-methyl/N-ethyl adjacent to an activating group) is 1. The van der Waals surface area contributed by atoms with Crippen LogP contribution in [0.3, 0.4) is 0 Å². The lowest BCUT2D eigenvalue weighted by Gasteiger charge is -2.21. The van der Waals surface area contributed by atoms with Gasteiger partial charge < -0.3 is 15.3 Å². The van der Waals surface area contributed by atoms with Crippen molar-refractivity contribution in [2.45, 2.75) is 26.0 Å². The Hall–Kier alpha value is -2.06. The highest BCUT2D eigenvalue weighted by molar-refractivity contribution is 7.11. The van der Waals surface area contributed by atoms with Crippen molar-refractivity contribution in [2.75, 3.05) is 20.6 Å². The molecule has 1 amide bonds. The third kappa shape index (κ3) is 5.11. The molecule has 0 fully saturated rings. The predicted octanol–water partition coefficient (Wildman–Crippen LogP) is 3.87. The van der Waals surface area contributed by atoms with Crippen LogP contribution in [0.25, 0.3) is 5.57 Å². The molecule has 2 N–H and O–H groups in total. The molecular formula is C21H23ClFN3O2S. The van der Waals surface area contributed by atoms with E-state index in [2.05, 4.69) is 10.3 Å². The lowest BCUT2D eigenvalue weighted by atomic mass is 10.0. The fourth-order valence-electron chi connectivity index (χ4n) is 3.12. The van der Waals surface area contributed by atoms with E-state index in [1.54, 1.807) is 12.1 Å². The number of carbonyl (C=O) groups excluding carboxylic acids is 1. The molecule has 1 unspecified atom stereocenters. The molecule has 0 spiro atoms. The number of aliphatic hydroxyl groups is 1. The highest BCUT2D eigenvalue weighted by atomic mass is 35.5. The Kier molecular flexibility index (Phi) is 6.85. The van der Waals surface area contributed by atoms with Crippen molar-refractivity contribution >= 4 is 34.4 Å². The Morgan fingerprint density at radius 1 is 1.41 bits per heavy atom. The Labute approximate surface area is 178 Å². The number of aryl methyl sites for hydroxylation is 1. The molecule has 5 nitrogen and oxygen atoms in total. The van der Waals surface area contributed by atoms with E-state index in [9.17, 15) is 14.3 Å². The monoisotopic (exact) mass is 435 g/mol. The zero-order chi connectivity index (χ0) is 21.1. The molecule has 0 saturated heterocycles. The van der Waals surface area contributed by atoms with Gasteiger partial charge in [0.05, 0.1) is 28.2 Å². The number of aromatic nitrogens is 1. The van der Waals surface area contributed by atoms with Gasteiger partial charge in [0.1, 0.15) is 10.8 Å². The second kappa shape index (κ2) is 9.17. The quantitative estimate of drug-likeness (QED) is 0.693. The molecule has 1 aromatic carbocycles. The number of nitrogens with zero attached hydrogens (tertiary/aromatic N) is 2. The molecule has 1 aromatic heterocycles. The maximum atomic E-state index is 13.7. The molecule has 1 aliphatic rings. The minimum absolute atomic E-state index is 0.0672. The van der Waals surface area contributed by atoms with Crippen LogP contribution in [-0.2, 0) is 11.4 Å². The topological polar surface area (TPSA) is 65.5 Å². The normalized spacial score (nSPS) is 14.7. The number of aliphatic hydroxyl groups excluding tert-OH is 1. The van der Waals surface area contributed by atoms with Crippen LogP contribution in [0.15, 0.2) is 35.9 Å². The van der Waals surface area contributed by atoms with Gasteiger partial charge in [-0.15, -0.1) is 11.3 Å². The summed E-state index contributed by atoms with van der Waals surface area (Å²) in [4.78, 5) is 20.2. The Balaban J connectivity index is 1.71. The number of carbonyl (C=O) groups is 1. The summed E-state index contributed by atoms with van der Waals surface area (Å²) < 4.78 is 13.7. The third-order valence-electron chi connectivity index (χ3n) is 4.65. The second-order valence-electron chi connectivity index (χ2n) is 7.20. The molecule has 1 heterocycles. The number of allylic oxidation sites excluding steroid dienone is 3. The van der Waals surface area contributed by atoms with Gasteiger partial charge in [-0.3, -0.25) is 4.79 Å². The van der Waals surface area contributed by atoms with Gasteiger partial charge in [0.2, 0.25) is 5.91 Å². The van der Waals surface area contributed by atoms with E-state index in [4.69, 9.17) is 11.6 Å². The predicted molar refractivity (Wildman–Crippen MR) is 114 cm³/mol. The summed E-state index contributed by atoms with van der Waals surface area (Å²) in [5.41, 5.74) is 2.95. The first-order chi connectivity index (χ1) is 13.8. The van der Waals surface area contributed by atoms with Crippen molar-refractivity contribution < 1.29 is 14.3 Å². The summed E-state index contributed by atoms with van der Waals surface area (Å²) in [6.45, 7) is 2.36. The van der Waals surface area contributed by atoms with Crippen LogP contribution in [0.2, 0.25) is 5.02 Å². The molecular weight excluding hydrogens is 413 g/mol. The van der Waals surface area contributed by atoms with Crippen molar-refractivity contribution in [1.29, 1.82) is 0 Å². The van der Waals surface area contributed by atoms with E-state index in [1.807, 2.05) is 32.0 Å². The molecule has 0 radical (unpaired) electrons. The Bertz CT molecular complexity index is 984. The van der Waals surface area contributed by atoms with Gasteiger partial charge in [0.25, 0.3) is 0 Å². The number of hydrogen-bond donors (Lipinski definition) is 2. The Morgan fingerprint density at radius 2 is 2.17 bits per heavy atom. The molecule has 0 bridgehead atoms. The molecule has 1 aliphatic carbocycles. The highest BCUT2D eigenvalue weighted by Crippen LogP contribution is 2.31. The molecule has 0 aliphatic heterocycles. The van der Waals surface area contributed by atoms with Crippen LogP contribution < -0.4 is 5.32 Å². The standard InChI is InChI=1S/C21H23ClFN3O2S/c1-12-19(11-27)29-21(24-12)18(10-26(2)3)25-20(28)15-5-4-13(8-15)14-6-7-16(22)17(23)9-14/h4-7,9,18,27H,8,10-11H2,1-3H3,(H,25,28). The summed E-state index contributed by atoms with van der Waals surface area (Å²) in [5.74, 6) is -0.663. The first-order valence-electron chi connectivity index (χ1n) is 9.16. The summed E-state index contributed by atoms with van der Waals surface area (Å²) in [6, 6.07) is 4.35. The van der Waals surface area contributed by atoms with Crippen LogP contribution in [0.5, 0.6) is 0 Å². The smallest absolute Gasteiger partial charge is 0.248 e. The van der Waals surface area contributed by atoms with Crippen LogP contribution in [0.1, 0.15) is 33.6 Å². The third-order valence-corrected chi connectivity index (χ3v) is 6.21. The van der Waals surface area contributed by atoms with E-state index in [1.165, 1.54) is 23.5 Å². The zero-order valence-corrected chi connectivity index (χ0v) is 18.1. The maximum absolute atomic E-state index is 13.7. The van der Waals surface area contributed by atoms with Crippen molar-refractivity contribution in [1.82, 2.24) is 15.2 Å². The number of hydrogen-bond acceptors (Lipinski definition) is 5. The molecule has 154 valence electrons. The van der Waals surface area contributed by atoms with E-state index in [0.29, 0.717) is 24.1 Å². The van der Waals surface area contributed by atoms with Crippen molar-refractivity contribution in [3.8, 4) is 0 Å². The lowest BCUT2D eigenvalue weighted by molar-refractivity contribution is -0.118. The number of rotatable bonds is 7. The number of benzene rings is 1. The van der Waals surface area contributed by atoms with Crippen LogP contribution >= 0.6 is 22.9 Å². The zero-order valence-electron chi connectivity index (χ0n) is 16.5. The average Bonchev–Trinajstić information content (AvgIpc) is 3.30. The van der Waals surface area contributed by atoms with Crippen molar-refractivity contribution in [3.05, 3.63) is 67.9 Å². The highest BCUT2D eigenvalue weighted by Gasteiger charge is 2.24. The maximum Gasteiger partial charge on any atom is 0.248 e. The fraction of sp³-hybridized carbons (Fsp3) is 0.333. The summed E-state index contributed by atoms with van der Waals surface area (Å²) in [7, 11) is 3.85. The second-order valence-corrected chi connectivity index (χ2v) is 8.72. The molecule has 2 aromatic rings. The van der Waals surface area contributed by atoms with E-state index in [0.717, 1.165) is 21.2 Å². The van der Waals surface area contributed by atoms with E-state index < -0.39 is 5.82 Å². The molecule has 0 saturated carbocycles. The molecule has 3 rings (SSSR count). The van der Waals surface area contributed by atoms with Crippen LogP contribution in [0, 0.1) is 12.7 Å². The van der Waals surface area contributed by atoms with Gasteiger partial charge in [-0.05, 0) is 44.3 Å². The first-order valence-corrected chi connectivity index (χ1v) is 10.4. The molecule has 8 heteroatoms. The number of thiazole rings is 1. The van der Waals surface area contributed by atoms with Gasteiger partial charge in [0.15, 0.2) is 0 Å². The van der Waals surface area contributed by atoms with E-state index >= 15 is 0 Å². The minimum Gasteiger partial charge on any atom is -0.391 e. The molecule has 1 atom stereocenters. The lowest BCUT2D eigenvalue weighted by Crippen LogP contribution is -2.35. The first kappa shape index (κ1) is 21.6. The van der Waals surface area contributed by atoms with Crippen molar-refractivity contribution in [2.24, 2.45) is 0 Å². The Morgan fingerprint density at radius 3 is 2.79 bits per heavy atom.